The molecular weight excluding hydrogens is 194 g/mol. The third-order valence-electron chi connectivity index (χ3n) is 4.78. The molecule has 1 saturated carbocycles. The van der Waals surface area contributed by atoms with E-state index < -0.39 is 11.3 Å². The lowest BCUT2D eigenvalue weighted by Gasteiger charge is -2.62. The maximum Gasteiger partial charge on any atom is 0.250 e. The first-order chi connectivity index (χ1) is 6.47. The van der Waals surface area contributed by atoms with Gasteiger partial charge in [-0.1, -0.05) is 34.6 Å². The van der Waals surface area contributed by atoms with E-state index in [0.717, 1.165) is 13.3 Å². The normalized spacial score (nSPS) is 37.6. The van der Waals surface area contributed by atoms with E-state index in [2.05, 4.69) is 27.7 Å². The molecule has 0 aliphatic heterocycles. The number of hydrogen-bond acceptors (Lipinski definition) is 0. The molecule has 0 atom stereocenters. The second-order valence-electron chi connectivity index (χ2n) is 6.69. The zero-order valence-corrected chi connectivity index (χ0v) is 10.9. The molecule has 15 heavy (non-hydrogen) atoms. The van der Waals surface area contributed by atoms with Gasteiger partial charge in [-0.15, -0.1) is 0 Å². The Morgan fingerprint density at radius 3 is 1.67 bits per heavy atom. The largest absolute Gasteiger partial charge is 0.250 e. The molecule has 0 heterocycles. The molecule has 0 radical (unpaired) electrons. The van der Waals surface area contributed by atoms with Crippen LogP contribution in [0.3, 0.4) is 0 Å². The fourth-order valence-electron chi connectivity index (χ4n) is 3.06. The summed E-state index contributed by atoms with van der Waals surface area (Å²) in [5.41, 5.74) is -0.538. The van der Waals surface area contributed by atoms with Gasteiger partial charge in [-0.25, -0.2) is 8.78 Å². The minimum absolute atomic E-state index is 0.112. The maximum absolute atomic E-state index is 13.4. The zero-order valence-electron chi connectivity index (χ0n) is 10.9. The van der Waals surface area contributed by atoms with Gasteiger partial charge in [-0.3, -0.25) is 0 Å². The predicted molar refractivity (Wildman–Crippen MR) is 60.1 cm³/mol. The molecular formula is C13H24F2. The van der Waals surface area contributed by atoms with E-state index >= 15 is 0 Å². The van der Waals surface area contributed by atoms with Crippen LogP contribution in [-0.2, 0) is 0 Å². The van der Waals surface area contributed by atoms with E-state index in [9.17, 15) is 8.78 Å². The van der Waals surface area contributed by atoms with Crippen molar-refractivity contribution in [3.05, 3.63) is 0 Å². The molecule has 1 aliphatic carbocycles. The van der Waals surface area contributed by atoms with Gasteiger partial charge in [0.1, 0.15) is 0 Å². The summed E-state index contributed by atoms with van der Waals surface area (Å²) >= 11 is 0. The highest BCUT2D eigenvalue weighted by atomic mass is 19.3. The van der Waals surface area contributed by atoms with Gasteiger partial charge in [-0.2, -0.15) is 0 Å². The van der Waals surface area contributed by atoms with Crippen molar-refractivity contribution in [2.24, 2.45) is 16.2 Å². The van der Waals surface area contributed by atoms with E-state index in [4.69, 9.17) is 0 Å². The monoisotopic (exact) mass is 218 g/mol. The number of halogens is 2. The van der Waals surface area contributed by atoms with Crippen molar-refractivity contribution in [1.82, 2.24) is 0 Å². The van der Waals surface area contributed by atoms with Crippen LogP contribution in [0.25, 0.3) is 0 Å². The fourth-order valence-corrected chi connectivity index (χ4v) is 3.06. The topological polar surface area (TPSA) is 0 Å². The predicted octanol–water partition coefficient (Wildman–Crippen LogP) is 4.88. The van der Waals surface area contributed by atoms with E-state index in [1.54, 1.807) is 6.92 Å². The molecule has 2 heteroatoms. The first-order valence-electron chi connectivity index (χ1n) is 5.85. The Morgan fingerprint density at radius 2 is 1.47 bits per heavy atom. The van der Waals surface area contributed by atoms with Crippen LogP contribution in [0.2, 0.25) is 0 Å². The van der Waals surface area contributed by atoms with E-state index in [0.29, 0.717) is 12.8 Å². The van der Waals surface area contributed by atoms with E-state index in [-0.39, 0.29) is 10.8 Å². The standard InChI is InChI=1S/C13H24F2/c1-7-13(10(2,3)4)8-11(5,9-13)12(6,14)15/h7-9H2,1-6H3. The Labute approximate surface area is 92.4 Å². The highest BCUT2D eigenvalue weighted by molar-refractivity contribution is 5.09. The third kappa shape index (κ3) is 1.81. The number of hydrogen-bond donors (Lipinski definition) is 0. The number of rotatable bonds is 2. The Balaban J connectivity index is 2.84. The molecule has 1 fully saturated rings. The minimum atomic E-state index is -2.54. The van der Waals surface area contributed by atoms with Crippen molar-refractivity contribution in [2.75, 3.05) is 0 Å². The van der Waals surface area contributed by atoms with Crippen molar-refractivity contribution in [3.63, 3.8) is 0 Å². The second-order valence-corrected chi connectivity index (χ2v) is 6.69. The highest BCUT2D eigenvalue weighted by Gasteiger charge is 2.63. The van der Waals surface area contributed by atoms with Crippen LogP contribution < -0.4 is 0 Å². The molecule has 0 aromatic carbocycles. The average Bonchev–Trinajstić information content (AvgIpc) is 1.93. The smallest absolute Gasteiger partial charge is 0.207 e. The van der Waals surface area contributed by atoms with E-state index in [1.807, 2.05) is 0 Å². The Bertz CT molecular complexity index is 236. The van der Waals surface area contributed by atoms with Crippen LogP contribution in [0.1, 0.15) is 60.8 Å². The van der Waals surface area contributed by atoms with Gasteiger partial charge in [0.25, 0.3) is 5.92 Å². The summed E-state index contributed by atoms with van der Waals surface area (Å²) in [6.07, 6.45) is 2.31. The first kappa shape index (κ1) is 12.9. The van der Waals surface area contributed by atoms with Crippen molar-refractivity contribution in [1.29, 1.82) is 0 Å². The van der Waals surface area contributed by atoms with Crippen LogP contribution >= 0.6 is 0 Å². The van der Waals surface area contributed by atoms with Gasteiger partial charge in [0.15, 0.2) is 0 Å². The average molecular weight is 218 g/mol. The third-order valence-corrected chi connectivity index (χ3v) is 4.78. The van der Waals surface area contributed by atoms with Gasteiger partial charge < -0.3 is 0 Å². The molecule has 0 bridgehead atoms. The molecule has 1 aliphatic rings. The van der Waals surface area contributed by atoms with Gasteiger partial charge in [0, 0.05) is 5.41 Å². The second kappa shape index (κ2) is 3.18. The lowest BCUT2D eigenvalue weighted by atomic mass is 9.43. The Hall–Kier alpha value is -0.140. The summed E-state index contributed by atoms with van der Waals surface area (Å²) in [7, 11) is 0. The Kier molecular flexibility index (Phi) is 2.74. The summed E-state index contributed by atoms with van der Waals surface area (Å²) in [5.74, 6) is -2.54. The maximum atomic E-state index is 13.4. The lowest BCUT2D eigenvalue weighted by Crippen LogP contribution is -2.58. The fraction of sp³-hybridized carbons (Fsp3) is 1.00. The van der Waals surface area contributed by atoms with Crippen molar-refractivity contribution < 1.29 is 8.78 Å². The molecule has 0 amide bonds. The molecule has 0 nitrogen and oxygen atoms in total. The molecule has 0 spiro atoms. The zero-order chi connectivity index (χ0) is 12.1. The van der Waals surface area contributed by atoms with Crippen molar-refractivity contribution in [3.8, 4) is 0 Å². The quantitative estimate of drug-likeness (QED) is 0.619. The van der Waals surface area contributed by atoms with Crippen molar-refractivity contribution in [2.45, 2.75) is 66.7 Å². The molecule has 0 aromatic heterocycles. The van der Waals surface area contributed by atoms with Crippen LogP contribution in [-0.4, -0.2) is 5.92 Å². The minimum Gasteiger partial charge on any atom is -0.207 e. The van der Waals surface area contributed by atoms with Crippen LogP contribution in [0, 0.1) is 16.2 Å². The summed E-state index contributed by atoms with van der Waals surface area (Å²) in [6, 6.07) is 0. The van der Waals surface area contributed by atoms with Crippen LogP contribution in [0.4, 0.5) is 8.78 Å². The van der Waals surface area contributed by atoms with Crippen molar-refractivity contribution >= 4 is 0 Å². The van der Waals surface area contributed by atoms with Crippen LogP contribution in [0.15, 0.2) is 0 Å². The summed E-state index contributed by atoms with van der Waals surface area (Å²) < 4.78 is 26.8. The SMILES string of the molecule is CCC1(C(C)(C)C)CC(C)(C(C)(F)F)C1. The highest BCUT2D eigenvalue weighted by Crippen LogP contribution is 2.68. The summed E-state index contributed by atoms with van der Waals surface area (Å²) in [4.78, 5) is 0. The van der Waals surface area contributed by atoms with E-state index in [1.165, 1.54) is 0 Å². The number of alkyl halides is 2. The van der Waals surface area contributed by atoms with Gasteiger partial charge in [-0.05, 0) is 37.0 Å². The first-order valence-corrected chi connectivity index (χ1v) is 5.85. The van der Waals surface area contributed by atoms with Gasteiger partial charge >= 0.3 is 0 Å². The van der Waals surface area contributed by atoms with Gasteiger partial charge in [0.2, 0.25) is 0 Å². The molecule has 0 saturated heterocycles. The molecule has 0 N–H and O–H groups in total. The molecule has 90 valence electrons. The lowest BCUT2D eigenvalue weighted by molar-refractivity contribution is -0.221. The Morgan fingerprint density at radius 1 is 1.07 bits per heavy atom. The van der Waals surface area contributed by atoms with Crippen LogP contribution in [0.5, 0.6) is 0 Å². The van der Waals surface area contributed by atoms with Gasteiger partial charge in [0.05, 0.1) is 0 Å². The summed E-state index contributed by atoms with van der Waals surface area (Å²) in [5, 5.41) is 0. The summed E-state index contributed by atoms with van der Waals surface area (Å²) in [6.45, 7) is 11.4. The molecule has 0 unspecified atom stereocenters. The molecule has 0 aromatic rings. The molecule has 1 rings (SSSR count).